The van der Waals surface area contributed by atoms with Crippen molar-refractivity contribution in [3.8, 4) is 0 Å². The maximum absolute atomic E-state index is 11.1. The average Bonchev–Trinajstić information content (AvgIpc) is 2.23. The number of carbonyl (C=O) groups is 2. The third kappa shape index (κ3) is 8.16. The molecule has 94 valence electrons. The van der Waals surface area contributed by atoms with Gasteiger partial charge in [0, 0.05) is 20.8 Å². The lowest BCUT2D eigenvalue weighted by Gasteiger charge is -2.14. The number of rotatable bonds is 9. The molecule has 7 nitrogen and oxygen atoms in total. The van der Waals surface area contributed by atoms with E-state index in [1.807, 2.05) is 0 Å². The first kappa shape index (κ1) is 14.8. The van der Waals surface area contributed by atoms with Gasteiger partial charge in [-0.25, -0.2) is 4.79 Å². The highest BCUT2D eigenvalue weighted by Crippen LogP contribution is 1.88. The summed E-state index contributed by atoms with van der Waals surface area (Å²) < 4.78 is 14.5. The van der Waals surface area contributed by atoms with Crippen LogP contribution in [0, 0.1) is 0 Å². The lowest BCUT2D eigenvalue weighted by molar-refractivity contribution is -0.143. The fraction of sp³-hybridized carbons (Fsp3) is 0.778. The third-order valence-corrected chi connectivity index (χ3v) is 1.67. The van der Waals surface area contributed by atoms with Crippen LogP contribution in [-0.2, 0) is 23.8 Å². The van der Waals surface area contributed by atoms with Crippen molar-refractivity contribution in [3.05, 3.63) is 0 Å². The number of hydrogen-bond donors (Lipinski definition) is 2. The lowest BCUT2D eigenvalue weighted by atomic mass is 10.3. The molecule has 0 spiro atoms. The Morgan fingerprint density at radius 3 is 2.50 bits per heavy atom. The zero-order chi connectivity index (χ0) is 12.4. The Kier molecular flexibility index (Phi) is 8.41. The Balaban J connectivity index is 3.58. The summed E-state index contributed by atoms with van der Waals surface area (Å²) in [5.41, 5.74) is 0. The summed E-state index contributed by atoms with van der Waals surface area (Å²) in [5.74, 6) is -1.50. The number of nitrogens with one attached hydrogen (secondary N) is 1. The molecule has 7 heteroatoms. The van der Waals surface area contributed by atoms with Gasteiger partial charge in [0.25, 0.3) is 0 Å². The minimum Gasteiger partial charge on any atom is -0.480 e. The Morgan fingerprint density at radius 2 is 2.00 bits per heavy atom. The van der Waals surface area contributed by atoms with Crippen LogP contribution in [0.2, 0.25) is 0 Å². The van der Waals surface area contributed by atoms with E-state index in [0.717, 1.165) is 0 Å². The third-order valence-electron chi connectivity index (χ3n) is 1.67. The van der Waals surface area contributed by atoms with Gasteiger partial charge in [0.15, 0.2) is 0 Å². The van der Waals surface area contributed by atoms with Crippen molar-refractivity contribution in [1.29, 1.82) is 0 Å². The first-order chi connectivity index (χ1) is 7.60. The van der Waals surface area contributed by atoms with Crippen LogP contribution in [0.25, 0.3) is 0 Å². The molecule has 0 aliphatic heterocycles. The molecular formula is C9H17NO6. The Labute approximate surface area is 93.7 Å². The number of ether oxygens (including phenoxy) is 3. The van der Waals surface area contributed by atoms with Gasteiger partial charge >= 0.3 is 5.97 Å². The van der Waals surface area contributed by atoms with E-state index in [2.05, 4.69) is 10.1 Å². The van der Waals surface area contributed by atoms with Gasteiger partial charge in [0.2, 0.25) is 5.91 Å². The van der Waals surface area contributed by atoms with Gasteiger partial charge in [-0.3, -0.25) is 4.79 Å². The highest BCUT2D eigenvalue weighted by Gasteiger charge is 2.09. The Morgan fingerprint density at radius 1 is 1.31 bits per heavy atom. The fourth-order valence-corrected chi connectivity index (χ4v) is 0.906. The lowest BCUT2D eigenvalue weighted by Crippen LogP contribution is -2.37. The predicted molar refractivity (Wildman–Crippen MR) is 54.1 cm³/mol. The maximum Gasteiger partial charge on any atom is 0.329 e. The number of hydrogen-bond acceptors (Lipinski definition) is 5. The van der Waals surface area contributed by atoms with Gasteiger partial charge in [-0.05, 0) is 0 Å². The van der Waals surface area contributed by atoms with Gasteiger partial charge in [-0.15, -0.1) is 0 Å². The molecule has 0 fully saturated rings. The largest absolute Gasteiger partial charge is 0.480 e. The normalized spacial score (nSPS) is 12.1. The molecule has 1 unspecified atom stereocenters. The molecule has 1 atom stereocenters. The molecule has 2 N–H and O–H groups in total. The van der Waals surface area contributed by atoms with Crippen molar-refractivity contribution < 1.29 is 28.9 Å². The zero-order valence-corrected chi connectivity index (χ0v) is 9.39. The number of amides is 1. The highest BCUT2D eigenvalue weighted by atomic mass is 16.5. The predicted octanol–water partition coefficient (Wildman–Crippen LogP) is -1.13. The van der Waals surface area contributed by atoms with Crippen LogP contribution < -0.4 is 5.32 Å². The molecule has 0 aromatic carbocycles. The second-order valence-corrected chi connectivity index (χ2v) is 3.00. The van der Waals surface area contributed by atoms with E-state index in [1.54, 1.807) is 0 Å². The minimum absolute atomic E-state index is 0.228. The molecule has 0 aliphatic carbocycles. The number of methoxy groups -OCH3 is 2. The molecule has 0 saturated carbocycles. The quantitative estimate of drug-likeness (QED) is 0.525. The molecule has 0 radical (unpaired) electrons. The smallest absolute Gasteiger partial charge is 0.329 e. The molecule has 0 rings (SSSR count). The molecule has 0 aliphatic rings. The van der Waals surface area contributed by atoms with E-state index < -0.39 is 12.6 Å². The second-order valence-electron chi connectivity index (χ2n) is 3.00. The van der Waals surface area contributed by atoms with Crippen LogP contribution >= 0.6 is 0 Å². The van der Waals surface area contributed by atoms with Crippen molar-refractivity contribution in [2.75, 3.05) is 40.6 Å². The van der Waals surface area contributed by atoms with E-state index >= 15 is 0 Å². The average molecular weight is 235 g/mol. The number of aliphatic carboxylic acids is 1. The standard InChI is InChI=1S/C9H17NO6/c1-14-4-7(15-2)3-10-8(11)5-16-6-9(12)13/h7H,3-6H2,1-2H3,(H,10,11)(H,12,13). The molecule has 0 heterocycles. The van der Waals surface area contributed by atoms with Crippen LogP contribution in [0.1, 0.15) is 0 Å². The summed E-state index contributed by atoms with van der Waals surface area (Å²) in [5, 5.41) is 10.8. The molecule has 0 aromatic heterocycles. The van der Waals surface area contributed by atoms with E-state index in [0.29, 0.717) is 13.2 Å². The van der Waals surface area contributed by atoms with E-state index in [-0.39, 0.29) is 18.6 Å². The monoisotopic (exact) mass is 235 g/mol. The first-order valence-electron chi connectivity index (χ1n) is 4.68. The molecule has 0 aromatic rings. The van der Waals surface area contributed by atoms with Gasteiger partial charge < -0.3 is 24.6 Å². The number of carboxylic acids is 1. The van der Waals surface area contributed by atoms with Crippen molar-refractivity contribution in [3.63, 3.8) is 0 Å². The van der Waals surface area contributed by atoms with Crippen molar-refractivity contribution in [1.82, 2.24) is 5.32 Å². The van der Waals surface area contributed by atoms with Crippen molar-refractivity contribution in [2.45, 2.75) is 6.10 Å². The molecule has 0 bridgehead atoms. The van der Waals surface area contributed by atoms with E-state index in [1.165, 1.54) is 14.2 Å². The summed E-state index contributed by atoms with van der Waals surface area (Å²) in [6.45, 7) is -0.110. The minimum atomic E-state index is -1.11. The maximum atomic E-state index is 11.1. The molecule has 16 heavy (non-hydrogen) atoms. The number of carbonyl (C=O) groups excluding carboxylic acids is 1. The van der Waals surface area contributed by atoms with Crippen molar-refractivity contribution in [2.24, 2.45) is 0 Å². The summed E-state index contributed by atoms with van der Waals surface area (Å²) in [6.07, 6.45) is -0.228. The SMILES string of the molecule is COCC(CNC(=O)COCC(=O)O)OC. The second kappa shape index (κ2) is 9.08. The molecule has 0 saturated heterocycles. The van der Waals surface area contributed by atoms with Crippen LogP contribution in [0.15, 0.2) is 0 Å². The number of carboxylic acid groups (broad SMARTS) is 1. The summed E-state index contributed by atoms with van der Waals surface area (Å²) >= 11 is 0. The van der Waals surface area contributed by atoms with Crippen LogP contribution in [0.5, 0.6) is 0 Å². The topological polar surface area (TPSA) is 94.1 Å². The van der Waals surface area contributed by atoms with Crippen LogP contribution in [0.4, 0.5) is 0 Å². The summed E-state index contributed by atoms with van der Waals surface area (Å²) in [4.78, 5) is 21.2. The zero-order valence-electron chi connectivity index (χ0n) is 9.39. The molecule has 1 amide bonds. The van der Waals surface area contributed by atoms with Gasteiger partial charge in [-0.2, -0.15) is 0 Å². The Hall–Kier alpha value is -1.18. The van der Waals surface area contributed by atoms with Gasteiger partial charge in [-0.1, -0.05) is 0 Å². The summed E-state index contributed by atoms with van der Waals surface area (Å²) in [7, 11) is 3.04. The molecular weight excluding hydrogens is 218 g/mol. The van der Waals surface area contributed by atoms with Gasteiger partial charge in [0.1, 0.15) is 13.2 Å². The first-order valence-corrected chi connectivity index (χ1v) is 4.68. The Bertz CT molecular complexity index is 220. The van der Waals surface area contributed by atoms with Crippen LogP contribution in [-0.4, -0.2) is 63.7 Å². The summed E-state index contributed by atoms with van der Waals surface area (Å²) in [6, 6.07) is 0. The van der Waals surface area contributed by atoms with Crippen LogP contribution in [0.3, 0.4) is 0 Å². The van der Waals surface area contributed by atoms with Crippen molar-refractivity contribution >= 4 is 11.9 Å². The van der Waals surface area contributed by atoms with Gasteiger partial charge in [0.05, 0.1) is 12.7 Å². The van der Waals surface area contributed by atoms with E-state index in [4.69, 9.17) is 14.6 Å². The highest BCUT2D eigenvalue weighted by molar-refractivity contribution is 5.77. The fourth-order valence-electron chi connectivity index (χ4n) is 0.906. The van der Waals surface area contributed by atoms with E-state index in [9.17, 15) is 9.59 Å².